The minimum Gasteiger partial charge on any atom is -0.496 e. The third kappa shape index (κ3) is 3.88. The van der Waals surface area contributed by atoms with Crippen molar-refractivity contribution in [3.63, 3.8) is 0 Å². The maximum Gasteiger partial charge on any atom is 0.229 e. The highest BCUT2D eigenvalue weighted by molar-refractivity contribution is 6.03. The summed E-state index contributed by atoms with van der Waals surface area (Å²) in [5.41, 5.74) is 1.48. The first-order valence-corrected chi connectivity index (χ1v) is 10.4. The van der Waals surface area contributed by atoms with Gasteiger partial charge in [-0.25, -0.2) is 0 Å². The third-order valence-electron chi connectivity index (χ3n) is 6.32. The van der Waals surface area contributed by atoms with Gasteiger partial charge in [-0.3, -0.25) is 4.79 Å². The van der Waals surface area contributed by atoms with Gasteiger partial charge >= 0.3 is 0 Å². The van der Waals surface area contributed by atoms with Gasteiger partial charge in [-0.05, 0) is 44.2 Å². The zero-order valence-electron chi connectivity index (χ0n) is 16.7. The van der Waals surface area contributed by atoms with Crippen molar-refractivity contribution >= 4 is 11.6 Å². The van der Waals surface area contributed by atoms with Crippen molar-refractivity contribution in [2.24, 2.45) is 10.6 Å². The molecular weight excluding hydrogens is 356 g/mol. The number of nitrogens with zero attached hydrogens (tertiary/aromatic N) is 2. The number of amides is 1. The van der Waals surface area contributed by atoms with Gasteiger partial charge in [0.15, 0.2) is 0 Å². The van der Waals surface area contributed by atoms with Gasteiger partial charge in [-0.15, -0.1) is 0 Å². The van der Waals surface area contributed by atoms with Gasteiger partial charge in [0.2, 0.25) is 5.91 Å². The zero-order chi connectivity index (χ0) is 19.4. The van der Waals surface area contributed by atoms with E-state index in [1.165, 1.54) is 6.42 Å². The fourth-order valence-electron chi connectivity index (χ4n) is 4.72. The van der Waals surface area contributed by atoms with Crippen LogP contribution in [0.15, 0.2) is 29.4 Å². The average Bonchev–Trinajstić information content (AvgIpc) is 3.22. The summed E-state index contributed by atoms with van der Waals surface area (Å²) in [6, 6.07) is 7.87. The molecule has 3 aliphatic rings. The molecule has 0 unspecified atom stereocenters. The lowest BCUT2D eigenvalue weighted by Gasteiger charge is -2.41. The Morgan fingerprint density at radius 2 is 1.96 bits per heavy atom. The molecule has 2 saturated heterocycles. The summed E-state index contributed by atoms with van der Waals surface area (Å²) in [5, 5.41) is 4.34. The van der Waals surface area contributed by atoms with Crippen LogP contribution in [0.5, 0.6) is 5.75 Å². The van der Waals surface area contributed by atoms with Crippen LogP contribution in [0.25, 0.3) is 0 Å². The monoisotopic (exact) mass is 386 g/mol. The number of ether oxygens (including phenoxy) is 2. The zero-order valence-corrected chi connectivity index (χ0v) is 16.7. The summed E-state index contributed by atoms with van der Waals surface area (Å²) >= 11 is 0. The van der Waals surface area contributed by atoms with Crippen LogP contribution in [0.1, 0.15) is 50.5 Å². The predicted molar refractivity (Wildman–Crippen MR) is 107 cm³/mol. The summed E-state index contributed by atoms with van der Waals surface area (Å²) in [5.74, 6) is 1.10. The summed E-state index contributed by atoms with van der Waals surface area (Å²) in [7, 11) is 1.67. The summed E-state index contributed by atoms with van der Waals surface area (Å²) < 4.78 is 11.1. The molecule has 0 saturated carbocycles. The van der Waals surface area contributed by atoms with Crippen molar-refractivity contribution in [3.05, 3.63) is 29.8 Å². The molecule has 1 atom stereocenters. The minimum absolute atomic E-state index is 0.0771. The summed E-state index contributed by atoms with van der Waals surface area (Å²) in [4.78, 5) is 21.4. The molecule has 152 valence electrons. The van der Waals surface area contributed by atoms with Crippen LogP contribution in [-0.2, 0) is 14.4 Å². The molecule has 0 aromatic heterocycles. The first-order chi connectivity index (χ1) is 13.7. The maximum atomic E-state index is 13.5. The van der Waals surface area contributed by atoms with Crippen LogP contribution in [-0.4, -0.2) is 56.0 Å². The number of hydrogen-bond donors (Lipinski definition) is 0. The molecule has 1 amide bonds. The van der Waals surface area contributed by atoms with Crippen LogP contribution in [0.2, 0.25) is 0 Å². The van der Waals surface area contributed by atoms with Crippen molar-refractivity contribution in [1.82, 2.24) is 4.90 Å². The number of rotatable bonds is 5. The van der Waals surface area contributed by atoms with E-state index in [1.807, 2.05) is 24.3 Å². The molecule has 6 nitrogen and oxygen atoms in total. The lowest BCUT2D eigenvalue weighted by atomic mass is 9.73. The molecule has 28 heavy (non-hydrogen) atoms. The Morgan fingerprint density at radius 1 is 1.21 bits per heavy atom. The van der Waals surface area contributed by atoms with Crippen LogP contribution in [0.3, 0.4) is 0 Å². The Bertz CT molecular complexity index is 721. The van der Waals surface area contributed by atoms with E-state index in [9.17, 15) is 4.79 Å². The number of para-hydroxylation sites is 1. The van der Waals surface area contributed by atoms with Gasteiger partial charge in [-0.2, -0.15) is 0 Å². The lowest BCUT2D eigenvalue weighted by Crippen LogP contribution is -2.50. The van der Waals surface area contributed by atoms with Crippen LogP contribution >= 0.6 is 0 Å². The van der Waals surface area contributed by atoms with Crippen molar-refractivity contribution in [2.45, 2.75) is 51.0 Å². The smallest absolute Gasteiger partial charge is 0.229 e. The largest absolute Gasteiger partial charge is 0.496 e. The molecule has 1 aromatic rings. The SMILES string of the molecule is COc1ccccc1C1=NO[C@H](CC2(C(=O)N3CCCCC3)CCOCC2)C1. The molecule has 0 bridgehead atoms. The maximum absolute atomic E-state index is 13.5. The van der Waals surface area contributed by atoms with E-state index in [0.29, 0.717) is 32.0 Å². The number of oxime groups is 1. The average molecular weight is 386 g/mol. The Morgan fingerprint density at radius 3 is 2.71 bits per heavy atom. The second-order valence-corrected chi connectivity index (χ2v) is 8.12. The van der Waals surface area contributed by atoms with Gasteiger partial charge in [0.25, 0.3) is 0 Å². The highest BCUT2D eigenvalue weighted by Crippen LogP contribution is 2.41. The number of piperidine rings is 1. The Balaban J connectivity index is 1.47. The molecule has 0 spiro atoms. The number of hydrogen-bond acceptors (Lipinski definition) is 5. The van der Waals surface area contributed by atoms with E-state index in [0.717, 1.165) is 55.8 Å². The fourth-order valence-corrected chi connectivity index (χ4v) is 4.72. The molecule has 0 N–H and O–H groups in total. The molecule has 0 radical (unpaired) electrons. The Labute approximate surface area is 166 Å². The number of methoxy groups -OCH3 is 1. The standard InChI is InChI=1S/C22H30N2O4/c1-26-20-8-4-3-7-18(20)19-15-17(28-23-19)16-22(9-13-27-14-10-22)21(25)24-11-5-2-6-12-24/h3-4,7-8,17H,2,5-6,9-16H2,1H3/t17-/m0/s1. The van der Waals surface area contributed by atoms with Crippen molar-refractivity contribution in [3.8, 4) is 5.75 Å². The molecular formula is C22H30N2O4. The van der Waals surface area contributed by atoms with Crippen LogP contribution in [0.4, 0.5) is 0 Å². The van der Waals surface area contributed by atoms with E-state index in [-0.39, 0.29) is 11.5 Å². The Hall–Kier alpha value is -2.08. The van der Waals surface area contributed by atoms with Gasteiger partial charge in [0.1, 0.15) is 11.9 Å². The molecule has 6 heteroatoms. The van der Waals surface area contributed by atoms with E-state index in [1.54, 1.807) is 7.11 Å². The predicted octanol–water partition coefficient (Wildman–Crippen LogP) is 3.39. The third-order valence-corrected chi connectivity index (χ3v) is 6.32. The Kier molecular flexibility index (Phi) is 5.85. The molecule has 3 aliphatic heterocycles. The summed E-state index contributed by atoms with van der Waals surface area (Å²) in [6.07, 6.45) is 6.31. The fraction of sp³-hybridized carbons (Fsp3) is 0.636. The highest BCUT2D eigenvalue weighted by Gasteiger charge is 2.45. The molecule has 4 rings (SSSR count). The van der Waals surface area contributed by atoms with E-state index < -0.39 is 0 Å². The molecule has 0 aliphatic carbocycles. The van der Waals surface area contributed by atoms with Crippen molar-refractivity contribution in [1.29, 1.82) is 0 Å². The first kappa shape index (κ1) is 19.2. The normalized spacial score (nSPS) is 24.4. The number of likely N-dealkylation sites (tertiary alicyclic amines) is 1. The summed E-state index contributed by atoms with van der Waals surface area (Å²) in [6.45, 7) is 3.06. The van der Waals surface area contributed by atoms with E-state index >= 15 is 0 Å². The van der Waals surface area contributed by atoms with Gasteiger partial charge in [0, 0.05) is 44.7 Å². The highest BCUT2D eigenvalue weighted by atomic mass is 16.6. The quantitative estimate of drug-likeness (QED) is 0.778. The number of carbonyl (C=O) groups is 1. The van der Waals surface area contributed by atoms with E-state index in [2.05, 4.69) is 10.1 Å². The number of benzene rings is 1. The van der Waals surface area contributed by atoms with Gasteiger partial charge in [-0.1, -0.05) is 17.3 Å². The molecule has 3 heterocycles. The first-order valence-electron chi connectivity index (χ1n) is 10.4. The number of carbonyl (C=O) groups excluding carboxylic acids is 1. The van der Waals surface area contributed by atoms with Crippen molar-refractivity contribution < 1.29 is 19.1 Å². The second kappa shape index (κ2) is 8.52. The van der Waals surface area contributed by atoms with Gasteiger partial charge in [0.05, 0.1) is 18.2 Å². The second-order valence-electron chi connectivity index (χ2n) is 8.12. The topological polar surface area (TPSA) is 60.4 Å². The van der Waals surface area contributed by atoms with Gasteiger partial charge < -0.3 is 19.2 Å². The van der Waals surface area contributed by atoms with Crippen LogP contribution in [0, 0.1) is 5.41 Å². The van der Waals surface area contributed by atoms with Crippen molar-refractivity contribution in [2.75, 3.05) is 33.4 Å². The minimum atomic E-state index is -0.383. The lowest BCUT2D eigenvalue weighted by molar-refractivity contribution is -0.152. The van der Waals surface area contributed by atoms with Crippen LogP contribution < -0.4 is 4.74 Å². The van der Waals surface area contributed by atoms with E-state index in [4.69, 9.17) is 14.3 Å². The molecule has 2 fully saturated rings. The molecule has 1 aromatic carbocycles.